The maximum Gasteiger partial charge on any atom is 0.339 e. The van der Waals surface area contributed by atoms with Crippen molar-refractivity contribution in [1.29, 1.82) is 0 Å². The molecule has 5 heteroatoms. The largest absolute Gasteiger partial charge is 0.478 e. The van der Waals surface area contributed by atoms with Crippen molar-refractivity contribution in [1.82, 2.24) is 9.78 Å². The Labute approximate surface area is 111 Å². The lowest BCUT2D eigenvalue weighted by molar-refractivity contribution is 0.0691. The van der Waals surface area contributed by atoms with Gasteiger partial charge in [-0.05, 0) is 25.0 Å². The molecule has 0 amide bonds. The first-order chi connectivity index (χ1) is 9.06. The smallest absolute Gasteiger partial charge is 0.339 e. The number of methoxy groups -OCH3 is 1. The minimum atomic E-state index is -0.996. The Balaban J connectivity index is 2.65. The highest BCUT2D eigenvalue weighted by Gasteiger charge is 2.19. The van der Waals surface area contributed by atoms with Gasteiger partial charge < -0.3 is 9.84 Å². The third-order valence-electron chi connectivity index (χ3n) is 3.03. The van der Waals surface area contributed by atoms with Crippen LogP contribution in [0.1, 0.15) is 27.2 Å². The number of carbonyl (C=O) groups is 1. The van der Waals surface area contributed by atoms with Crippen LogP contribution in [0.2, 0.25) is 0 Å². The number of ether oxygens (including phenoxy) is 1. The Kier molecular flexibility index (Phi) is 3.66. The predicted octanol–water partition coefficient (Wildman–Crippen LogP) is 2.33. The zero-order valence-electron chi connectivity index (χ0n) is 11.2. The van der Waals surface area contributed by atoms with Gasteiger partial charge in [0.2, 0.25) is 0 Å². The summed E-state index contributed by atoms with van der Waals surface area (Å²) in [7, 11) is 1.54. The van der Waals surface area contributed by atoms with E-state index in [0.717, 1.165) is 16.8 Å². The fourth-order valence-electron chi connectivity index (χ4n) is 2.16. The van der Waals surface area contributed by atoms with Crippen LogP contribution in [0.15, 0.2) is 24.4 Å². The lowest BCUT2D eigenvalue weighted by Gasteiger charge is -2.13. The van der Waals surface area contributed by atoms with Crippen molar-refractivity contribution in [2.75, 3.05) is 7.11 Å². The van der Waals surface area contributed by atoms with Crippen LogP contribution < -0.4 is 0 Å². The third-order valence-corrected chi connectivity index (χ3v) is 3.03. The van der Waals surface area contributed by atoms with E-state index in [0.29, 0.717) is 5.69 Å². The number of carboxylic acid groups (broad SMARTS) is 1. The first-order valence-electron chi connectivity index (χ1n) is 5.92. The van der Waals surface area contributed by atoms with E-state index < -0.39 is 5.97 Å². The quantitative estimate of drug-likeness (QED) is 0.916. The van der Waals surface area contributed by atoms with Crippen molar-refractivity contribution >= 4 is 5.97 Å². The minimum absolute atomic E-state index is 0.171. The number of aromatic nitrogens is 2. The second-order valence-corrected chi connectivity index (χ2v) is 4.40. The number of benzene rings is 1. The Morgan fingerprint density at radius 2 is 2.00 bits per heavy atom. The average Bonchev–Trinajstić information content (AvgIpc) is 2.73. The molecule has 0 fully saturated rings. The molecule has 1 aromatic heterocycles. The second-order valence-electron chi connectivity index (χ2n) is 4.40. The summed E-state index contributed by atoms with van der Waals surface area (Å²) in [4.78, 5) is 11.2. The first kappa shape index (κ1) is 13.3. The molecule has 5 nitrogen and oxygen atoms in total. The average molecular weight is 260 g/mol. The molecule has 100 valence electrons. The number of nitrogens with zero attached hydrogens (tertiary/aromatic N) is 2. The van der Waals surface area contributed by atoms with E-state index in [4.69, 9.17) is 4.74 Å². The lowest BCUT2D eigenvalue weighted by atomic mass is 10.1. The summed E-state index contributed by atoms with van der Waals surface area (Å²) in [6.07, 6.45) is 1.36. The van der Waals surface area contributed by atoms with Gasteiger partial charge in [-0.15, -0.1) is 0 Å². The van der Waals surface area contributed by atoms with Crippen LogP contribution in [0.5, 0.6) is 0 Å². The normalized spacial score (nSPS) is 10.7. The van der Waals surface area contributed by atoms with Gasteiger partial charge in [0.1, 0.15) is 5.56 Å². The topological polar surface area (TPSA) is 64.3 Å². The monoisotopic (exact) mass is 260 g/mol. The van der Waals surface area contributed by atoms with Crippen molar-refractivity contribution in [2.24, 2.45) is 0 Å². The van der Waals surface area contributed by atoms with Crippen molar-refractivity contribution in [3.05, 3.63) is 46.8 Å². The van der Waals surface area contributed by atoms with Crippen molar-refractivity contribution in [3.63, 3.8) is 0 Å². The van der Waals surface area contributed by atoms with Crippen molar-refractivity contribution in [2.45, 2.75) is 20.5 Å². The SMILES string of the molecule is COCc1c(C(=O)O)cnn1-c1c(C)cccc1C. The summed E-state index contributed by atoms with van der Waals surface area (Å²) in [6.45, 7) is 4.15. The molecule has 0 radical (unpaired) electrons. The number of para-hydroxylation sites is 1. The van der Waals surface area contributed by atoms with Crippen LogP contribution in [-0.2, 0) is 11.3 Å². The maximum atomic E-state index is 11.2. The zero-order valence-corrected chi connectivity index (χ0v) is 11.2. The molecular formula is C14H16N2O3. The minimum Gasteiger partial charge on any atom is -0.478 e. The summed E-state index contributed by atoms with van der Waals surface area (Å²) in [5.74, 6) is -0.996. The molecule has 1 heterocycles. The molecule has 2 aromatic rings. The Bertz CT molecular complexity index is 597. The highest BCUT2D eigenvalue weighted by atomic mass is 16.5. The predicted molar refractivity (Wildman–Crippen MR) is 70.7 cm³/mol. The van der Waals surface area contributed by atoms with Gasteiger partial charge in [-0.25, -0.2) is 9.48 Å². The summed E-state index contributed by atoms with van der Waals surface area (Å²) in [5, 5.41) is 13.4. The van der Waals surface area contributed by atoms with Crippen molar-refractivity contribution < 1.29 is 14.6 Å². The number of carboxylic acids is 1. The second kappa shape index (κ2) is 5.24. The number of hydrogen-bond acceptors (Lipinski definition) is 3. The number of aryl methyl sites for hydroxylation is 2. The molecule has 0 bridgehead atoms. The van der Waals surface area contributed by atoms with Crippen LogP contribution in [0, 0.1) is 13.8 Å². The highest BCUT2D eigenvalue weighted by molar-refractivity contribution is 5.88. The molecular weight excluding hydrogens is 244 g/mol. The van der Waals surface area contributed by atoms with Gasteiger partial charge >= 0.3 is 5.97 Å². The molecule has 0 aliphatic carbocycles. The van der Waals surface area contributed by atoms with Gasteiger partial charge in [-0.3, -0.25) is 0 Å². The van der Waals surface area contributed by atoms with Gasteiger partial charge in [0.25, 0.3) is 0 Å². The molecule has 0 aliphatic rings. The van der Waals surface area contributed by atoms with Gasteiger partial charge in [0, 0.05) is 7.11 Å². The van der Waals surface area contributed by atoms with Gasteiger partial charge in [-0.1, -0.05) is 18.2 Å². The summed E-state index contributed by atoms with van der Waals surface area (Å²) < 4.78 is 6.75. The van der Waals surface area contributed by atoms with Gasteiger partial charge in [0.15, 0.2) is 0 Å². The molecule has 0 saturated heterocycles. The molecule has 0 atom stereocenters. The molecule has 0 saturated carbocycles. The van der Waals surface area contributed by atoms with E-state index in [9.17, 15) is 9.90 Å². The van der Waals surface area contributed by atoms with Crippen LogP contribution in [0.4, 0.5) is 0 Å². The van der Waals surface area contributed by atoms with E-state index >= 15 is 0 Å². The standard InChI is InChI=1S/C14H16N2O3/c1-9-5-4-6-10(2)13(9)16-12(8-19-3)11(7-15-16)14(17)18/h4-7H,8H2,1-3H3,(H,17,18). The van der Waals surface area contributed by atoms with Gasteiger partial charge in [0.05, 0.1) is 24.2 Å². The van der Waals surface area contributed by atoms with Crippen LogP contribution in [0.25, 0.3) is 5.69 Å². The van der Waals surface area contributed by atoms with E-state index in [2.05, 4.69) is 5.10 Å². The highest BCUT2D eigenvalue weighted by Crippen LogP contribution is 2.22. The number of hydrogen-bond donors (Lipinski definition) is 1. The van der Waals surface area contributed by atoms with Crippen LogP contribution >= 0.6 is 0 Å². The lowest BCUT2D eigenvalue weighted by Crippen LogP contribution is -2.10. The fraction of sp³-hybridized carbons (Fsp3) is 0.286. The van der Waals surface area contributed by atoms with Gasteiger partial charge in [-0.2, -0.15) is 5.10 Å². The van der Waals surface area contributed by atoms with Crippen LogP contribution in [-0.4, -0.2) is 28.0 Å². The van der Waals surface area contributed by atoms with E-state index in [1.807, 2.05) is 32.0 Å². The Morgan fingerprint density at radius 1 is 1.37 bits per heavy atom. The molecule has 1 aromatic carbocycles. The maximum absolute atomic E-state index is 11.2. The Hall–Kier alpha value is -2.14. The molecule has 1 N–H and O–H groups in total. The molecule has 0 unspecified atom stereocenters. The summed E-state index contributed by atoms with van der Waals surface area (Å²) in [5.41, 5.74) is 3.70. The Morgan fingerprint density at radius 3 is 2.53 bits per heavy atom. The van der Waals surface area contributed by atoms with Crippen LogP contribution in [0.3, 0.4) is 0 Å². The van der Waals surface area contributed by atoms with Crippen molar-refractivity contribution in [3.8, 4) is 5.69 Å². The summed E-state index contributed by atoms with van der Waals surface area (Å²) >= 11 is 0. The first-order valence-corrected chi connectivity index (χ1v) is 5.92. The van der Waals surface area contributed by atoms with E-state index in [1.165, 1.54) is 13.3 Å². The fourth-order valence-corrected chi connectivity index (χ4v) is 2.16. The number of rotatable bonds is 4. The van der Waals surface area contributed by atoms with E-state index in [-0.39, 0.29) is 12.2 Å². The molecule has 0 spiro atoms. The molecule has 0 aliphatic heterocycles. The molecule has 2 rings (SSSR count). The van der Waals surface area contributed by atoms with E-state index in [1.54, 1.807) is 4.68 Å². The third kappa shape index (κ3) is 2.37. The number of aromatic carboxylic acids is 1. The summed E-state index contributed by atoms with van der Waals surface area (Å²) in [6, 6.07) is 5.91. The molecule has 19 heavy (non-hydrogen) atoms. The zero-order chi connectivity index (χ0) is 14.0.